The summed E-state index contributed by atoms with van der Waals surface area (Å²) >= 11 is 0. The Hall–Kier alpha value is -3.21. The van der Waals surface area contributed by atoms with Crippen LogP contribution < -0.4 is 4.90 Å². The fraction of sp³-hybridized carbons (Fsp3) is 0.591. The Balaban J connectivity index is 1.61. The molecule has 0 aromatic heterocycles. The fourth-order valence-corrected chi connectivity index (χ4v) is 4.00. The smallest absolute Gasteiger partial charge is 0.339 e. The molecule has 0 bridgehead atoms. The van der Waals surface area contributed by atoms with E-state index in [1.165, 1.54) is 25.1 Å². The molecule has 33 heavy (non-hydrogen) atoms. The lowest BCUT2D eigenvalue weighted by molar-refractivity contribution is -0.384. The van der Waals surface area contributed by atoms with Crippen LogP contribution >= 0.6 is 0 Å². The van der Waals surface area contributed by atoms with Gasteiger partial charge in [0.25, 0.3) is 11.6 Å². The minimum absolute atomic E-state index is 0.000575. The lowest BCUT2D eigenvalue weighted by Crippen LogP contribution is -2.45. The molecule has 0 radical (unpaired) electrons. The van der Waals surface area contributed by atoms with Gasteiger partial charge in [0.05, 0.1) is 36.2 Å². The molecule has 0 N–H and O–H groups in total. The number of morpholine rings is 1. The summed E-state index contributed by atoms with van der Waals surface area (Å²) in [6.45, 7) is 6.23. The van der Waals surface area contributed by atoms with Crippen LogP contribution in [-0.4, -0.2) is 79.8 Å². The molecule has 2 heterocycles. The molecule has 2 aliphatic heterocycles. The zero-order valence-electron chi connectivity index (χ0n) is 18.9. The van der Waals surface area contributed by atoms with Gasteiger partial charge in [-0.1, -0.05) is 0 Å². The lowest BCUT2D eigenvalue weighted by Gasteiger charge is -2.32. The average molecular weight is 463 g/mol. The molecular formula is C22H29N3O8. The van der Waals surface area contributed by atoms with Crippen molar-refractivity contribution in [3.8, 4) is 0 Å². The second kappa shape index (κ2) is 11.1. The number of benzene rings is 1. The Kier molecular flexibility index (Phi) is 8.21. The maximum absolute atomic E-state index is 12.7. The van der Waals surface area contributed by atoms with Gasteiger partial charge >= 0.3 is 11.9 Å². The van der Waals surface area contributed by atoms with Crippen LogP contribution in [0.5, 0.6) is 0 Å². The number of nitro groups is 1. The van der Waals surface area contributed by atoms with Crippen molar-refractivity contribution in [2.45, 2.75) is 32.8 Å². The molecule has 0 unspecified atom stereocenters. The third-order valence-electron chi connectivity index (χ3n) is 5.82. The quantitative estimate of drug-likeness (QED) is 0.337. The number of anilines is 1. The summed E-state index contributed by atoms with van der Waals surface area (Å²) in [6.07, 6.45) is -0.0874. The highest BCUT2D eigenvalue weighted by Gasteiger charge is 2.32. The number of ether oxygens (including phenoxy) is 3. The maximum Gasteiger partial charge on any atom is 0.339 e. The van der Waals surface area contributed by atoms with Gasteiger partial charge in [-0.15, -0.1) is 0 Å². The van der Waals surface area contributed by atoms with Crippen LogP contribution in [0.2, 0.25) is 0 Å². The van der Waals surface area contributed by atoms with Crippen LogP contribution in [0.25, 0.3) is 0 Å². The number of esters is 2. The molecule has 1 aromatic rings. The summed E-state index contributed by atoms with van der Waals surface area (Å²) in [5, 5.41) is 11.6. The van der Waals surface area contributed by atoms with Crippen molar-refractivity contribution in [1.82, 2.24) is 4.90 Å². The van der Waals surface area contributed by atoms with Crippen LogP contribution in [0.1, 0.15) is 37.0 Å². The number of nitro benzene ring substituents is 1. The number of carbonyl (C=O) groups is 3. The standard InChI is InChI=1S/C22H29N3O8/c1-3-32-21(27)16-6-8-24(9-7-16)20(26)15(2)33-22(28)17-4-5-18(19(14-17)25(29)30)23-10-12-31-13-11-23/h4-5,14-16H,3,6-13H2,1-2H3/t15-/m0/s1. The highest BCUT2D eigenvalue weighted by molar-refractivity contribution is 5.93. The summed E-state index contributed by atoms with van der Waals surface area (Å²) in [4.78, 5) is 51.6. The molecule has 2 saturated heterocycles. The van der Waals surface area contributed by atoms with Crippen molar-refractivity contribution in [3.05, 3.63) is 33.9 Å². The molecule has 1 amide bonds. The van der Waals surface area contributed by atoms with Crippen LogP contribution in [0.4, 0.5) is 11.4 Å². The number of amides is 1. The first kappa shape index (κ1) is 24.4. The van der Waals surface area contributed by atoms with E-state index in [0.717, 1.165) is 0 Å². The largest absolute Gasteiger partial charge is 0.466 e. The Morgan fingerprint density at radius 3 is 2.45 bits per heavy atom. The van der Waals surface area contributed by atoms with E-state index in [1.54, 1.807) is 11.8 Å². The van der Waals surface area contributed by atoms with Crippen LogP contribution in [0.3, 0.4) is 0 Å². The SMILES string of the molecule is CCOC(=O)C1CCN(C(=O)[C@H](C)OC(=O)c2ccc(N3CCOCC3)c([N+](=O)[O-])c2)CC1. The van der Waals surface area contributed by atoms with Crippen LogP contribution in [-0.2, 0) is 23.8 Å². The molecule has 1 atom stereocenters. The molecule has 0 aliphatic carbocycles. The third-order valence-corrected chi connectivity index (χ3v) is 5.82. The van der Waals surface area contributed by atoms with Gasteiger partial charge in [-0.25, -0.2) is 4.79 Å². The lowest BCUT2D eigenvalue weighted by atomic mass is 9.97. The number of hydrogen-bond donors (Lipinski definition) is 0. The van der Waals surface area contributed by atoms with Crippen molar-refractivity contribution < 1.29 is 33.5 Å². The molecule has 0 saturated carbocycles. The summed E-state index contributed by atoms with van der Waals surface area (Å²) in [5.41, 5.74) is 0.208. The number of rotatable bonds is 7. The highest BCUT2D eigenvalue weighted by atomic mass is 16.6. The van der Waals surface area contributed by atoms with E-state index >= 15 is 0 Å². The summed E-state index contributed by atoms with van der Waals surface area (Å²) in [7, 11) is 0. The maximum atomic E-state index is 12.7. The Bertz CT molecular complexity index is 892. The molecule has 180 valence electrons. The highest BCUT2D eigenvalue weighted by Crippen LogP contribution is 2.30. The number of carbonyl (C=O) groups excluding carboxylic acids is 3. The predicted molar refractivity (Wildman–Crippen MR) is 117 cm³/mol. The van der Waals surface area contributed by atoms with Gasteiger partial charge in [-0.05, 0) is 38.8 Å². The van der Waals surface area contributed by atoms with Gasteiger partial charge < -0.3 is 24.0 Å². The molecule has 3 rings (SSSR count). The zero-order valence-corrected chi connectivity index (χ0v) is 18.9. The van der Waals surface area contributed by atoms with E-state index in [-0.39, 0.29) is 29.0 Å². The van der Waals surface area contributed by atoms with Gasteiger partial charge in [-0.2, -0.15) is 0 Å². The topological polar surface area (TPSA) is 129 Å². The van der Waals surface area contributed by atoms with Crippen molar-refractivity contribution in [1.29, 1.82) is 0 Å². The van der Waals surface area contributed by atoms with E-state index in [9.17, 15) is 24.5 Å². The number of likely N-dealkylation sites (tertiary alicyclic amines) is 1. The zero-order chi connectivity index (χ0) is 24.0. The first-order valence-corrected chi connectivity index (χ1v) is 11.1. The molecule has 11 nitrogen and oxygen atoms in total. The van der Waals surface area contributed by atoms with Crippen molar-refractivity contribution in [2.75, 3.05) is 50.9 Å². The molecule has 0 spiro atoms. The first-order chi connectivity index (χ1) is 15.8. The van der Waals surface area contributed by atoms with Gasteiger partial charge in [0, 0.05) is 32.2 Å². The van der Waals surface area contributed by atoms with Gasteiger partial charge in [0.1, 0.15) is 5.69 Å². The number of nitrogens with zero attached hydrogens (tertiary/aromatic N) is 3. The van der Waals surface area contributed by atoms with E-state index in [4.69, 9.17) is 14.2 Å². The molecular weight excluding hydrogens is 434 g/mol. The Labute approximate surface area is 191 Å². The monoisotopic (exact) mass is 463 g/mol. The van der Waals surface area contributed by atoms with E-state index in [2.05, 4.69) is 0 Å². The van der Waals surface area contributed by atoms with Crippen LogP contribution in [0.15, 0.2) is 18.2 Å². The number of hydrogen-bond acceptors (Lipinski definition) is 9. The summed E-state index contributed by atoms with van der Waals surface area (Å²) in [5.74, 6) is -1.68. The molecule has 2 aliphatic rings. The van der Waals surface area contributed by atoms with Crippen molar-refractivity contribution in [3.63, 3.8) is 0 Å². The Morgan fingerprint density at radius 1 is 1.18 bits per heavy atom. The first-order valence-electron chi connectivity index (χ1n) is 11.1. The molecule has 11 heteroatoms. The normalized spacial score (nSPS) is 17.9. The summed E-state index contributed by atoms with van der Waals surface area (Å²) in [6, 6.07) is 4.16. The number of piperidine rings is 1. The molecule has 1 aromatic carbocycles. The van der Waals surface area contributed by atoms with Crippen LogP contribution in [0, 0.1) is 16.0 Å². The average Bonchev–Trinajstić information content (AvgIpc) is 2.83. The minimum Gasteiger partial charge on any atom is -0.466 e. The molecule has 2 fully saturated rings. The van der Waals surface area contributed by atoms with E-state index in [0.29, 0.717) is 64.5 Å². The Morgan fingerprint density at radius 2 is 1.85 bits per heavy atom. The second-order valence-electron chi connectivity index (χ2n) is 7.96. The van der Waals surface area contributed by atoms with Crippen molar-refractivity contribution in [2.24, 2.45) is 5.92 Å². The predicted octanol–water partition coefficient (Wildman–Crippen LogP) is 1.78. The minimum atomic E-state index is -1.06. The second-order valence-corrected chi connectivity index (χ2v) is 7.96. The van der Waals surface area contributed by atoms with Gasteiger partial charge in [-0.3, -0.25) is 19.7 Å². The van der Waals surface area contributed by atoms with Gasteiger partial charge in [0.2, 0.25) is 0 Å². The third kappa shape index (κ3) is 5.98. The fourth-order valence-electron chi connectivity index (χ4n) is 4.00. The van der Waals surface area contributed by atoms with Crippen molar-refractivity contribution >= 4 is 29.2 Å². The van der Waals surface area contributed by atoms with E-state index in [1.807, 2.05) is 4.90 Å². The van der Waals surface area contributed by atoms with Gasteiger partial charge in [0.15, 0.2) is 6.10 Å². The summed E-state index contributed by atoms with van der Waals surface area (Å²) < 4.78 is 15.6. The van der Waals surface area contributed by atoms with E-state index < -0.39 is 17.0 Å².